The minimum absolute atomic E-state index is 0.0498. The Labute approximate surface area is 183 Å². The molecule has 7 heteroatoms. The summed E-state index contributed by atoms with van der Waals surface area (Å²) in [5.41, 5.74) is 2.28. The molecule has 5 rings (SSSR count). The third kappa shape index (κ3) is 3.15. The molecule has 2 aromatic rings. The first-order chi connectivity index (χ1) is 14.2. The van der Waals surface area contributed by atoms with Crippen LogP contribution < -0.4 is 5.46 Å². The fraction of sp³-hybridized carbons (Fsp3) is 0.609. The van der Waals surface area contributed by atoms with Crippen LogP contribution in [0.1, 0.15) is 71.1 Å². The predicted octanol–water partition coefficient (Wildman–Crippen LogP) is 4.98. The number of aromatic nitrogens is 2. The molecule has 3 atom stereocenters. The average molecular weight is 429 g/mol. The third-order valence-electron chi connectivity index (χ3n) is 7.37. The number of nitrogens with zero attached hydrogens (tertiary/aromatic N) is 2. The van der Waals surface area contributed by atoms with Gasteiger partial charge in [-0.1, -0.05) is 17.7 Å². The number of fused-ring (bicyclic) bond motifs is 1. The molecule has 3 heterocycles. The van der Waals surface area contributed by atoms with Crippen LogP contribution in [0.3, 0.4) is 0 Å². The van der Waals surface area contributed by atoms with E-state index in [2.05, 4.69) is 34.3 Å². The van der Waals surface area contributed by atoms with Crippen molar-refractivity contribution in [3.63, 3.8) is 0 Å². The molecule has 1 saturated carbocycles. The maximum atomic E-state index is 6.93. The zero-order valence-corrected chi connectivity index (χ0v) is 19.0. The number of rotatable bonds is 4. The van der Waals surface area contributed by atoms with Gasteiger partial charge in [-0.25, -0.2) is 4.68 Å². The lowest BCUT2D eigenvalue weighted by atomic mass is 9.72. The van der Waals surface area contributed by atoms with Crippen LogP contribution in [0.5, 0.6) is 0 Å². The van der Waals surface area contributed by atoms with E-state index >= 15 is 0 Å². The molecular formula is C23H30BClN2O3. The summed E-state index contributed by atoms with van der Waals surface area (Å²) in [5, 5.41) is 6.51. The summed E-state index contributed by atoms with van der Waals surface area (Å²) in [6.45, 7) is 13.1. The Balaban J connectivity index is 1.67. The number of ether oxygens (including phenoxy) is 1. The summed E-state index contributed by atoms with van der Waals surface area (Å²) < 4.78 is 21.0. The predicted molar refractivity (Wildman–Crippen MR) is 120 cm³/mol. The SMILES string of the molecule is C=C[C@H]1C[C@H]1c1c(Cl)cc2c(cnn2C2CCCCO2)c1B1OC(C)(C)C(C)(C)O1. The quantitative estimate of drug-likeness (QED) is 0.509. The van der Waals surface area contributed by atoms with Crippen molar-refractivity contribution in [2.24, 2.45) is 5.92 Å². The molecule has 0 amide bonds. The number of allylic oxidation sites excluding steroid dienone is 1. The van der Waals surface area contributed by atoms with Crippen LogP contribution in [0.15, 0.2) is 24.9 Å². The molecule has 0 spiro atoms. The topological polar surface area (TPSA) is 45.5 Å². The molecule has 160 valence electrons. The van der Waals surface area contributed by atoms with Crippen LogP contribution in [0.25, 0.3) is 10.9 Å². The van der Waals surface area contributed by atoms with Gasteiger partial charge >= 0.3 is 7.12 Å². The largest absolute Gasteiger partial charge is 0.495 e. The van der Waals surface area contributed by atoms with E-state index in [9.17, 15) is 0 Å². The Hall–Kier alpha value is -1.34. The third-order valence-corrected chi connectivity index (χ3v) is 7.68. The molecule has 2 aliphatic heterocycles. The lowest BCUT2D eigenvalue weighted by Crippen LogP contribution is -2.41. The lowest BCUT2D eigenvalue weighted by Gasteiger charge is -2.32. The Bertz CT molecular complexity index is 980. The Morgan fingerprint density at radius 1 is 1.23 bits per heavy atom. The zero-order chi connectivity index (χ0) is 21.3. The molecule has 0 radical (unpaired) electrons. The minimum Gasteiger partial charge on any atom is -0.399 e. The van der Waals surface area contributed by atoms with Gasteiger partial charge in [0.2, 0.25) is 0 Å². The molecule has 2 saturated heterocycles. The van der Waals surface area contributed by atoms with Crippen LogP contribution in [0.4, 0.5) is 0 Å². The number of hydrogen-bond acceptors (Lipinski definition) is 4. The molecule has 0 N–H and O–H groups in total. The molecule has 30 heavy (non-hydrogen) atoms. The van der Waals surface area contributed by atoms with Crippen molar-refractivity contribution in [2.45, 2.75) is 76.7 Å². The van der Waals surface area contributed by atoms with Gasteiger partial charge in [0.05, 0.1) is 22.9 Å². The second-order valence-electron chi connectivity index (χ2n) is 9.86. The summed E-state index contributed by atoms with van der Waals surface area (Å²) in [7, 11) is -0.484. The zero-order valence-electron chi connectivity index (χ0n) is 18.3. The molecule has 5 nitrogen and oxygen atoms in total. The van der Waals surface area contributed by atoms with Gasteiger partial charge in [0.1, 0.15) is 0 Å². The van der Waals surface area contributed by atoms with Gasteiger partial charge in [0, 0.05) is 17.0 Å². The number of benzene rings is 1. The average Bonchev–Trinajstić information content (AvgIpc) is 3.30. The monoisotopic (exact) mass is 428 g/mol. The summed E-state index contributed by atoms with van der Waals surface area (Å²) in [5.74, 6) is 0.792. The lowest BCUT2D eigenvalue weighted by molar-refractivity contribution is -0.0366. The van der Waals surface area contributed by atoms with Crippen molar-refractivity contribution in [3.05, 3.63) is 35.5 Å². The minimum atomic E-state index is -0.484. The molecule has 3 aliphatic rings. The fourth-order valence-electron chi connectivity index (χ4n) is 4.74. The Morgan fingerprint density at radius 2 is 1.97 bits per heavy atom. The van der Waals surface area contributed by atoms with E-state index in [0.29, 0.717) is 11.8 Å². The smallest absolute Gasteiger partial charge is 0.399 e. The first kappa shape index (κ1) is 20.6. The Morgan fingerprint density at radius 3 is 2.57 bits per heavy atom. The maximum Gasteiger partial charge on any atom is 0.495 e. The summed E-state index contributed by atoms with van der Waals surface area (Å²) in [6.07, 6.45) is 8.17. The highest BCUT2D eigenvalue weighted by Crippen LogP contribution is 2.51. The highest BCUT2D eigenvalue weighted by molar-refractivity contribution is 6.66. The van der Waals surface area contributed by atoms with Crippen molar-refractivity contribution in [3.8, 4) is 0 Å². The summed E-state index contributed by atoms with van der Waals surface area (Å²) in [6, 6.07) is 2.05. The van der Waals surface area contributed by atoms with E-state index in [-0.39, 0.29) is 6.23 Å². The van der Waals surface area contributed by atoms with Crippen molar-refractivity contribution < 1.29 is 14.0 Å². The molecule has 1 aromatic heterocycles. The first-order valence-corrected chi connectivity index (χ1v) is 11.4. The normalized spacial score (nSPS) is 30.0. The highest BCUT2D eigenvalue weighted by Gasteiger charge is 2.54. The second-order valence-corrected chi connectivity index (χ2v) is 10.3. The van der Waals surface area contributed by atoms with Crippen LogP contribution in [0, 0.1) is 5.92 Å². The van der Waals surface area contributed by atoms with Gasteiger partial charge in [-0.2, -0.15) is 5.10 Å². The van der Waals surface area contributed by atoms with E-state index in [0.717, 1.165) is 59.2 Å². The van der Waals surface area contributed by atoms with Gasteiger partial charge < -0.3 is 14.0 Å². The molecule has 3 fully saturated rings. The van der Waals surface area contributed by atoms with E-state index in [1.807, 2.05) is 23.0 Å². The van der Waals surface area contributed by atoms with Crippen molar-refractivity contribution in [2.75, 3.05) is 6.61 Å². The van der Waals surface area contributed by atoms with Crippen molar-refractivity contribution in [1.29, 1.82) is 0 Å². The van der Waals surface area contributed by atoms with Crippen molar-refractivity contribution in [1.82, 2.24) is 9.78 Å². The van der Waals surface area contributed by atoms with Crippen LogP contribution in [0.2, 0.25) is 5.02 Å². The maximum absolute atomic E-state index is 6.93. The first-order valence-electron chi connectivity index (χ1n) is 11.0. The summed E-state index contributed by atoms with van der Waals surface area (Å²) in [4.78, 5) is 0. The number of halogens is 1. The van der Waals surface area contributed by atoms with Crippen molar-refractivity contribution >= 4 is 35.1 Å². The second kappa shape index (κ2) is 7.09. The molecule has 1 aliphatic carbocycles. The van der Waals surface area contributed by atoms with E-state index in [1.165, 1.54) is 0 Å². The fourth-order valence-corrected chi connectivity index (χ4v) is 5.08. The molecule has 1 unspecified atom stereocenters. The Kier molecular flexibility index (Phi) is 4.86. The van der Waals surface area contributed by atoms with Gasteiger partial charge in [0.25, 0.3) is 0 Å². The van der Waals surface area contributed by atoms with Gasteiger partial charge in [-0.05, 0) is 82.3 Å². The van der Waals surface area contributed by atoms with E-state index in [4.69, 9.17) is 30.7 Å². The van der Waals surface area contributed by atoms with E-state index < -0.39 is 18.3 Å². The molecule has 1 aromatic carbocycles. The molecular weight excluding hydrogens is 399 g/mol. The van der Waals surface area contributed by atoms with Gasteiger partial charge in [-0.3, -0.25) is 0 Å². The number of hydrogen-bond donors (Lipinski definition) is 0. The highest BCUT2D eigenvalue weighted by atomic mass is 35.5. The van der Waals surface area contributed by atoms with Crippen LogP contribution >= 0.6 is 11.6 Å². The standard InChI is InChI=1S/C23H30BClN2O3/c1-6-14-11-15(14)20-17(25)12-18-16(13-26-27(18)19-9-7-8-10-28-19)21(20)24-29-22(2,3)23(4,5)30-24/h6,12-15,19H,1,7-11H2,2-5H3/t14-,15+,19?/m0/s1. The molecule has 0 bridgehead atoms. The van der Waals surface area contributed by atoms with Crippen LogP contribution in [-0.4, -0.2) is 34.7 Å². The van der Waals surface area contributed by atoms with Crippen LogP contribution in [-0.2, 0) is 14.0 Å². The van der Waals surface area contributed by atoms with Gasteiger partial charge in [-0.15, -0.1) is 6.58 Å². The van der Waals surface area contributed by atoms with Gasteiger partial charge in [0.15, 0.2) is 6.23 Å². The summed E-state index contributed by atoms with van der Waals surface area (Å²) >= 11 is 6.93. The van der Waals surface area contributed by atoms with E-state index in [1.54, 1.807) is 0 Å².